The number of esters is 1. The molecule has 3 aromatic carbocycles. The number of methoxy groups -OCH3 is 1. The molecular formula is C27H26N2O4. The molecule has 3 aromatic rings. The summed E-state index contributed by atoms with van der Waals surface area (Å²) in [4.78, 5) is 27.3. The van der Waals surface area contributed by atoms with E-state index in [1.54, 1.807) is 29.2 Å². The molecular weight excluding hydrogens is 416 g/mol. The number of nitrogens with zero attached hydrogens (tertiary/aromatic N) is 1. The van der Waals surface area contributed by atoms with Crippen molar-refractivity contribution in [3.8, 4) is 5.75 Å². The standard InChI is InChI=1S/C27H26N2O4/c1-32-27(31)18-14-16-19(17-15-18)29-25(28-23-12-6-4-10-21(23)26(29)30)22-11-5-7-13-24(22)33-20-8-2-3-9-20/h4-7,10-17,20,25,28H,2-3,8-9H2,1H3/t25-/m1/s1. The summed E-state index contributed by atoms with van der Waals surface area (Å²) in [6.07, 6.45) is 4.19. The SMILES string of the molecule is COC(=O)c1ccc(N2C(=O)c3ccccc3N[C@H]2c2ccccc2OC2CCCC2)cc1. The van der Waals surface area contributed by atoms with E-state index in [1.807, 2.05) is 48.5 Å². The number of hydrogen-bond acceptors (Lipinski definition) is 5. The normalized spacial score (nSPS) is 17.9. The van der Waals surface area contributed by atoms with Crippen LogP contribution in [0.2, 0.25) is 0 Å². The Morgan fingerprint density at radius 2 is 1.64 bits per heavy atom. The highest BCUT2D eigenvalue weighted by molar-refractivity contribution is 6.12. The lowest BCUT2D eigenvalue weighted by Crippen LogP contribution is -2.43. The molecule has 0 unspecified atom stereocenters. The molecule has 1 amide bonds. The van der Waals surface area contributed by atoms with Crippen LogP contribution in [0.25, 0.3) is 0 Å². The molecule has 0 aromatic heterocycles. The van der Waals surface area contributed by atoms with Crippen LogP contribution in [0, 0.1) is 0 Å². The summed E-state index contributed by atoms with van der Waals surface area (Å²) in [6, 6.07) is 22.3. The Balaban J connectivity index is 1.57. The number of hydrogen-bond donors (Lipinski definition) is 1. The Kier molecular flexibility index (Phi) is 5.73. The Morgan fingerprint density at radius 1 is 0.939 bits per heavy atom. The first kappa shape index (κ1) is 21.1. The number of carbonyl (C=O) groups excluding carboxylic acids is 2. The van der Waals surface area contributed by atoms with Crippen LogP contribution >= 0.6 is 0 Å². The molecule has 1 fully saturated rings. The van der Waals surface area contributed by atoms with Crippen molar-refractivity contribution in [1.82, 2.24) is 0 Å². The smallest absolute Gasteiger partial charge is 0.337 e. The van der Waals surface area contributed by atoms with Gasteiger partial charge in [0.15, 0.2) is 0 Å². The zero-order chi connectivity index (χ0) is 22.8. The number of benzene rings is 3. The molecule has 1 heterocycles. The van der Waals surface area contributed by atoms with Gasteiger partial charge in [-0.3, -0.25) is 9.69 Å². The van der Waals surface area contributed by atoms with Gasteiger partial charge in [0, 0.05) is 16.9 Å². The molecule has 1 aliphatic heterocycles. The van der Waals surface area contributed by atoms with Crippen LogP contribution in [0.5, 0.6) is 5.75 Å². The maximum absolute atomic E-state index is 13.7. The van der Waals surface area contributed by atoms with Crippen molar-refractivity contribution in [2.75, 3.05) is 17.3 Å². The number of ether oxygens (including phenoxy) is 2. The second kappa shape index (κ2) is 8.98. The van der Waals surface area contributed by atoms with Crippen molar-refractivity contribution in [2.24, 2.45) is 0 Å². The molecule has 6 nitrogen and oxygen atoms in total. The fraction of sp³-hybridized carbons (Fsp3) is 0.259. The van der Waals surface area contributed by atoms with Crippen LogP contribution in [-0.2, 0) is 4.74 Å². The second-order valence-corrected chi connectivity index (χ2v) is 8.37. The average Bonchev–Trinajstić information content (AvgIpc) is 3.37. The highest BCUT2D eigenvalue weighted by Gasteiger charge is 2.36. The van der Waals surface area contributed by atoms with Gasteiger partial charge in [-0.25, -0.2) is 4.79 Å². The molecule has 0 spiro atoms. The van der Waals surface area contributed by atoms with Gasteiger partial charge < -0.3 is 14.8 Å². The molecule has 1 aliphatic carbocycles. The highest BCUT2D eigenvalue weighted by Crippen LogP contribution is 2.40. The average molecular weight is 443 g/mol. The Bertz CT molecular complexity index is 1170. The van der Waals surface area contributed by atoms with Gasteiger partial charge in [0.2, 0.25) is 0 Å². The van der Waals surface area contributed by atoms with E-state index in [0.717, 1.165) is 29.8 Å². The fourth-order valence-electron chi connectivity index (χ4n) is 4.61. The van der Waals surface area contributed by atoms with Gasteiger partial charge in [-0.05, 0) is 68.1 Å². The monoisotopic (exact) mass is 442 g/mol. The van der Waals surface area contributed by atoms with E-state index in [-0.39, 0.29) is 12.0 Å². The molecule has 2 aliphatic rings. The van der Waals surface area contributed by atoms with Gasteiger partial charge in [-0.2, -0.15) is 0 Å². The number of amides is 1. The summed E-state index contributed by atoms with van der Waals surface area (Å²) < 4.78 is 11.2. The van der Waals surface area contributed by atoms with Crippen LogP contribution in [0.4, 0.5) is 11.4 Å². The summed E-state index contributed by atoms with van der Waals surface area (Å²) in [5.74, 6) is 0.253. The molecule has 0 bridgehead atoms. The Hall–Kier alpha value is -3.80. The first-order valence-electron chi connectivity index (χ1n) is 11.3. The topological polar surface area (TPSA) is 67.9 Å². The largest absolute Gasteiger partial charge is 0.490 e. The summed E-state index contributed by atoms with van der Waals surface area (Å²) in [6.45, 7) is 0. The summed E-state index contributed by atoms with van der Waals surface area (Å²) >= 11 is 0. The van der Waals surface area contributed by atoms with E-state index in [4.69, 9.17) is 9.47 Å². The van der Waals surface area contributed by atoms with Crippen molar-refractivity contribution in [3.63, 3.8) is 0 Å². The van der Waals surface area contributed by atoms with Crippen molar-refractivity contribution in [2.45, 2.75) is 38.0 Å². The maximum Gasteiger partial charge on any atom is 0.337 e. The zero-order valence-electron chi connectivity index (χ0n) is 18.5. The van der Waals surface area contributed by atoms with Crippen molar-refractivity contribution in [3.05, 3.63) is 89.5 Å². The van der Waals surface area contributed by atoms with Gasteiger partial charge in [-0.15, -0.1) is 0 Å². The summed E-state index contributed by atoms with van der Waals surface area (Å²) in [5.41, 5.74) is 3.38. The highest BCUT2D eigenvalue weighted by atomic mass is 16.5. The molecule has 168 valence electrons. The van der Waals surface area contributed by atoms with Crippen LogP contribution in [0.3, 0.4) is 0 Å². The minimum Gasteiger partial charge on any atom is -0.490 e. The third kappa shape index (κ3) is 4.04. The van der Waals surface area contributed by atoms with E-state index in [1.165, 1.54) is 20.0 Å². The minimum atomic E-state index is -0.464. The molecule has 1 atom stereocenters. The lowest BCUT2D eigenvalue weighted by Gasteiger charge is -2.39. The van der Waals surface area contributed by atoms with Crippen LogP contribution in [0.1, 0.15) is 58.1 Å². The van der Waals surface area contributed by atoms with Crippen molar-refractivity contribution in [1.29, 1.82) is 0 Å². The molecule has 33 heavy (non-hydrogen) atoms. The Labute approximate surface area is 193 Å². The van der Waals surface area contributed by atoms with Gasteiger partial charge in [0.25, 0.3) is 5.91 Å². The van der Waals surface area contributed by atoms with E-state index < -0.39 is 12.1 Å². The van der Waals surface area contributed by atoms with E-state index in [0.29, 0.717) is 16.8 Å². The molecule has 6 heteroatoms. The van der Waals surface area contributed by atoms with Crippen molar-refractivity contribution < 1.29 is 19.1 Å². The number of para-hydroxylation sites is 2. The zero-order valence-corrected chi connectivity index (χ0v) is 18.5. The minimum absolute atomic E-state index is 0.115. The fourth-order valence-corrected chi connectivity index (χ4v) is 4.61. The molecule has 1 saturated carbocycles. The van der Waals surface area contributed by atoms with Crippen molar-refractivity contribution >= 4 is 23.3 Å². The van der Waals surface area contributed by atoms with Gasteiger partial charge >= 0.3 is 5.97 Å². The predicted octanol–water partition coefficient (Wildman–Crippen LogP) is 5.57. The number of carbonyl (C=O) groups is 2. The molecule has 5 rings (SSSR count). The number of anilines is 2. The van der Waals surface area contributed by atoms with E-state index in [2.05, 4.69) is 5.32 Å². The summed E-state index contributed by atoms with van der Waals surface area (Å²) in [7, 11) is 1.35. The number of rotatable bonds is 5. The maximum atomic E-state index is 13.7. The third-order valence-corrected chi connectivity index (χ3v) is 6.30. The molecule has 0 radical (unpaired) electrons. The van der Waals surface area contributed by atoms with E-state index in [9.17, 15) is 9.59 Å². The number of fused-ring (bicyclic) bond motifs is 1. The lowest BCUT2D eigenvalue weighted by molar-refractivity contribution is 0.0600. The third-order valence-electron chi connectivity index (χ3n) is 6.30. The molecule has 1 N–H and O–H groups in total. The van der Waals surface area contributed by atoms with Gasteiger partial charge in [-0.1, -0.05) is 30.3 Å². The van der Waals surface area contributed by atoms with E-state index >= 15 is 0 Å². The molecule has 0 saturated heterocycles. The van der Waals surface area contributed by atoms with Gasteiger partial charge in [0.1, 0.15) is 11.9 Å². The first-order chi connectivity index (χ1) is 16.2. The van der Waals surface area contributed by atoms with Crippen LogP contribution < -0.4 is 15.0 Å². The summed E-state index contributed by atoms with van der Waals surface area (Å²) in [5, 5.41) is 3.54. The number of nitrogens with one attached hydrogen (secondary N) is 1. The van der Waals surface area contributed by atoms with Crippen LogP contribution in [0.15, 0.2) is 72.8 Å². The Morgan fingerprint density at radius 3 is 2.39 bits per heavy atom. The predicted molar refractivity (Wildman–Crippen MR) is 127 cm³/mol. The first-order valence-corrected chi connectivity index (χ1v) is 11.3. The quantitative estimate of drug-likeness (QED) is 0.524. The lowest BCUT2D eigenvalue weighted by atomic mass is 10.0. The second-order valence-electron chi connectivity index (χ2n) is 8.37. The van der Waals surface area contributed by atoms with Gasteiger partial charge in [0.05, 0.1) is 24.3 Å². The van der Waals surface area contributed by atoms with Crippen LogP contribution in [-0.4, -0.2) is 25.1 Å².